The van der Waals surface area contributed by atoms with Gasteiger partial charge in [-0.15, -0.1) is 11.3 Å². The maximum Gasteiger partial charge on any atom is 0.326 e. The number of carbonyl (C=O) groups excluding carboxylic acids is 1. The van der Waals surface area contributed by atoms with Crippen LogP contribution in [0.5, 0.6) is 0 Å². The number of hydrogen-bond acceptors (Lipinski definition) is 3. The van der Waals surface area contributed by atoms with E-state index in [1.807, 2.05) is 0 Å². The Morgan fingerprint density at radius 1 is 1.37 bits per heavy atom. The van der Waals surface area contributed by atoms with Gasteiger partial charge in [-0.25, -0.2) is 4.79 Å². The lowest BCUT2D eigenvalue weighted by Gasteiger charge is -2.27. The van der Waals surface area contributed by atoms with Gasteiger partial charge in [0.05, 0.1) is 9.35 Å². The molecule has 1 aromatic rings. The second kappa shape index (κ2) is 6.52. The Kier molecular flexibility index (Phi) is 4.99. The number of carboxylic acid groups (broad SMARTS) is 1. The third-order valence-electron chi connectivity index (χ3n) is 3.50. The van der Waals surface area contributed by atoms with Crippen molar-refractivity contribution in [1.82, 2.24) is 5.32 Å². The van der Waals surface area contributed by atoms with Crippen molar-refractivity contribution in [3.05, 3.63) is 20.8 Å². The van der Waals surface area contributed by atoms with Crippen LogP contribution in [0.3, 0.4) is 0 Å². The summed E-state index contributed by atoms with van der Waals surface area (Å²) in [6.07, 6.45) is 5.02. The largest absolute Gasteiger partial charge is 0.480 e. The first-order valence-corrected chi connectivity index (χ1v) is 8.03. The lowest BCUT2D eigenvalue weighted by Crippen LogP contribution is -2.46. The van der Waals surface area contributed by atoms with Crippen molar-refractivity contribution in [2.24, 2.45) is 5.92 Å². The molecule has 0 aromatic carbocycles. The summed E-state index contributed by atoms with van der Waals surface area (Å²) in [7, 11) is 0. The molecule has 1 aliphatic rings. The molecule has 2 rings (SSSR count). The van der Waals surface area contributed by atoms with E-state index in [-0.39, 0.29) is 11.8 Å². The minimum absolute atomic E-state index is 0.0530. The van der Waals surface area contributed by atoms with Crippen LogP contribution < -0.4 is 5.32 Å². The smallest absolute Gasteiger partial charge is 0.326 e. The highest BCUT2D eigenvalue weighted by Crippen LogP contribution is 2.27. The van der Waals surface area contributed by atoms with Gasteiger partial charge in [-0.3, -0.25) is 4.79 Å². The highest BCUT2D eigenvalue weighted by molar-refractivity contribution is 9.11. The Bertz CT molecular complexity index is 468. The van der Waals surface area contributed by atoms with Crippen LogP contribution in [0.2, 0.25) is 0 Å². The second-order valence-corrected chi connectivity index (χ2v) is 7.12. The number of rotatable bonds is 4. The first-order valence-electron chi connectivity index (χ1n) is 6.35. The van der Waals surface area contributed by atoms with E-state index in [1.165, 1.54) is 11.3 Å². The molecule has 19 heavy (non-hydrogen) atoms. The van der Waals surface area contributed by atoms with Crippen molar-refractivity contribution in [3.8, 4) is 0 Å². The Balaban J connectivity index is 2.04. The molecule has 0 aliphatic heterocycles. The van der Waals surface area contributed by atoms with Gasteiger partial charge >= 0.3 is 5.97 Å². The number of nitrogens with one attached hydrogen (secondary N) is 1. The molecular formula is C13H16BrNO3S. The minimum atomic E-state index is -0.936. The van der Waals surface area contributed by atoms with E-state index >= 15 is 0 Å². The molecule has 6 heteroatoms. The van der Waals surface area contributed by atoms with Crippen LogP contribution in [-0.4, -0.2) is 23.0 Å². The van der Waals surface area contributed by atoms with Crippen LogP contribution >= 0.6 is 27.3 Å². The Labute approximate surface area is 124 Å². The molecule has 1 fully saturated rings. The van der Waals surface area contributed by atoms with Crippen molar-refractivity contribution in [2.45, 2.75) is 38.1 Å². The lowest BCUT2D eigenvalue weighted by atomic mass is 9.84. The van der Waals surface area contributed by atoms with Gasteiger partial charge in [-0.05, 0) is 40.8 Å². The summed E-state index contributed by atoms with van der Waals surface area (Å²) in [5.74, 6) is -1.19. The number of amides is 1. The fraction of sp³-hybridized carbons (Fsp3) is 0.538. The molecule has 0 spiro atoms. The molecule has 0 saturated heterocycles. The molecule has 2 N–H and O–H groups in total. The number of carboxylic acids is 1. The van der Waals surface area contributed by atoms with E-state index in [4.69, 9.17) is 0 Å². The normalized spacial score (nSPS) is 17.9. The molecule has 1 atom stereocenters. The summed E-state index contributed by atoms with van der Waals surface area (Å²) >= 11 is 4.71. The first kappa shape index (κ1) is 14.5. The summed E-state index contributed by atoms with van der Waals surface area (Å²) in [6, 6.07) is 0.936. The van der Waals surface area contributed by atoms with Gasteiger partial charge in [-0.1, -0.05) is 19.3 Å². The second-order valence-electron chi connectivity index (χ2n) is 4.83. The van der Waals surface area contributed by atoms with E-state index in [9.17, 15) is 14.7 Å². The molecule has 1 amide bonds. The SMILES string of the molecule is O=C(NC(C(=O)O)C1CCCCC1)c1csc(Br)c1. The molecule has 1 unspecified atom stereocenters. The fourth-order valence-electron chi connectivity index (χ4n) is 2.50. The zero-order chi connectivity index (χ0) is 13.8. The topological polar surface area (TPSA) is 66.4 Å². The predicted molar refractivity (Wildman–Crippen MR) is 77.5 cm³/mol. The minimum Gasteiger partial charge on any atom is -0.480 e. The van der Waals surface area contributed by atoms with Gasteiger partial charge in [0.25, 0.3) is 5.91 Å². The van der Waals surface area contributed by atoms with Crippen LogP contribution in [0.4, 0.5) is 0 Å². The molecule has 1 saturated carbocycles. The van der Waals surface area contributed by atoms with Gasteiger partial charge < -0.3 is 10.4 Å². The van der Waals surface area contributed by atoms with Crippen LogP contribution in [0.25, 0.3) is 0 Å². The van der Waals surface area contributed by atoms with Crippen LogP contribution in [0.1, 0.15) is 42.5 Å². The molecule has 4 nitrogen and oxygen atoms in total. The van der Waals surface area contributed by atoms with Gasteiger partial charge in [0.1, 0.15) is 6.04 Å². The van der Waals surface area contributed by atoms with Gasteiger partial charge in [0, 0.05) is 5.38 Å². The average molecular weight is 346 g/mol. The standard InChI is InChI=1S/C13H16BrNO3S/c14-10-6-9(7-19-10)12(16)15-11(13(17)18)8-4-2-1-3-5-8/h6-8,11H,1-5H2,(H,15,16)(H,17,18). The lowest BCUT2D eigenvalue weighted by molar-refractivity contribution is -0.141. The van der Waals surface area contributed by atoms with E-state index in [1.54, 1.807) is 11.4 Å². The molecule has 1 heterocycles. The van der Waals surface area contributed by atoms with E-state index in [0.29, 0.717) is 5.56 Å². The number of halogens is 1. The quantitative estimate of drug-likeness (QED) is 0.879. The number of aliphatic carboxylic acids is 1. The van der Waals surface area contributed by atoms with Crippen molar-refractivity contribution in [3.63, 3.8) is 0 Å². The molecule has 1 aromatic heterocycles. The van der Waals surface area contributed by atoms with Crippen LogP contribution in [0.15, 0.2) is 15.2 Å². The van der Waals surface area contributed by atoms with Crippen molar-refractivity contribution >= 4 is 39.1 Å². The fourth-order valence-corrected chi connectivity index (χ4v) is 3.64. The van der Waals surface area contributed by atoms with E-state index in [0.717, 1.165) is 35.9 Å². The average Bonchev–Trinajstić information content (AvgIpc) is 2.83. The zero-order valence-corrected chi connectivity index (χ0v) is 12.8. The van der Waals surface area contributed by atoms with Gasteiger partial charge in [0.15, 0.2) is 0 Å². The summed E-state index contributed by atoms with van der Waals surface area (Å²) in [5, 5.41) is 13.7. The van der Waals surface area contributed by atoms with Crippen LogP contribution in [-0.2, 0) is 4.79 Å². The number of carbonyl (C=O) groups is 2. The molecule has 0 bridgehead atoms. The van der Waals surface area contributed by atoms with E-state index < -0.39 is 12.0 Å². The molecular weight excluding hydrogens is 330 g/mol. The maximum absolute atomic E-state index is 12.0. The monoisotopic (exact) mass is 345 g/mol. The highest BCUT2D eigenvalue weighted by Gasteiger charge is 2.31. The first-order chi connectivity index (χ1) is 9.08. The highest BCUT2D eigenvalue weighted by atomic mass is 79.9. The summed E-state index contributed by atoms with van der Waals surface area (Å²) < 4.78 is 0.863. The molecule has 104 valence electrons. The number of hydrogen-bond donors (Lipinski definition) is 2. The van der Waals surface area contributed by atoms with Crippen molar-refractivity contribution < 1.29 is 14.7 Å². The summed E-state index contributed by atoms with van der Waals surface area (Å²) in [5.41, 5.74) is 0.513. The third kappa shape index (κ3) is 3.79. The summed E-state index contributed by atoms with van der Waals surface area (Å²) in [4.78, 5) is 23.4. The van der Waals surface area contributed by atoms with Crippen molar-refractivity contribution in [2.75, 3.05) is 0 Å². The number of thiophene rings is 1. The third-order valence-corrected chi connectivity index (χ3v) is 5.01. The van der Waals surface area contributed by atoms with Crippen molar-refractivity contribution in [1.29, 1.82) is 0 Å². The molecule has 0 radical (unpaired) electrons. The Morgan fingerprint density at radius 3 is 2.58 bits per heavy atom. The van der Waals surface area contributed by atoms with Gasteiger partial charge in [-0.2, -0.15) is 0 Å². The van der Waals surface area contributed by atoms with Gasteiger partial charge in [0.2, 0.25) is 0 Å². The summed E-state index contributed by atoms with van der Waals surface area (Å²) in [6.45, 7) is 0. The Hall–Kier alpha value is -0.880. The predicted octanol–water partition coefficient (Wildman–Crippen LogP) is 3.27. The Morgan fingerprint density at radius 2 is 2.05 bits per heavy atom. The maximum atomic E-state index is 12.0. The van der Waals surface area contributed by atoms with Crippen LogP contribution in [0, 0.1) is 5.92 Å². The van der Waals surface area contributed by atoms with E-state index in [2.05, 4.69) is 21.2 Å². The zero-order valence-electron chi connectivity index (χ0n) is 10.4. The molecule has 1 aliphatic carbocycles.